The molecule has 8 heteroatoms. The highest BCUT2D eigenvalue weighted by Gasteiger charge is 2.52. The molecular weight excluding hydrogens is 394 g/mol. The van der Waals surface area contributed by atoms with Crippen molar-refractivity contribution in [2.24, 2.45) is 4.99 Å². The molecular formula is C23H30N5O3+. The lowest BCUT2D eigenvalue weighted by molar-refractivity contribution is -0.526. The van der Waals surface area contributed by atoms with Gasteiger partial charge in [-0.25, -0.2) is 9.37 Å². The zero-order chi connectivity index (χ0) is 22.1. The summed E-state index contributed by atoms with van der Waals surface area (Å²) in [4.78, 5) is 35.2. The number of amides is 3. The Hall–Kier alpha value is -2.84. The molecule has 0 N–H and O–H groups in total. The first-order valence-corrected chi connectivity index (χ1v) is 10.7. The summed E-state index contributed by atoms with van der Waals surface area (Å²) < 4.78 is 7.87. The SMILES string of the molecule is CC1CN(CC2=[N+](C/C=C/c3ccccc3)C3C(=O)N(C)C(=O)N(C)C3=N2)CC(C)O1. The van der Waals surface area contributed by atoms with Crippen molar-refractivity contribution >= 4 is 29.7 Å². The lowest BCUT2D eigenvalue weighted by Gasteiger charge is -2.34. The average Bonchev–Trinajstić information content (AvgIpc) is 3.09. The van der Waals surface area contributed by atoms with E-state index in [2.05, 4.69) is 18.7 Å². The van der Waals surface area contributed by atoms with Crippen molar-refractivity contribution in [3.05, 3.63) is 42.0 Å². The zero-order valence-corrected chi connectivity index (χ0v) is 18.6. The van der Waals surface area contributed by atoms with Crippen LogP contribution in [0.15, 0.2) is 41.4 Å². The molecule has 0 saturated carbocycles. The molecule has 3 unspecified atom stereocenters. The van der Waals surface area contributed by atoms with Gasteiger partial charge in [0.05, 0.1) is 12.2 Å². The van der Waals surface area contributed by atoms with E-state index in [1.165, 1.54) is 16.8 Å². The maximum absolute atomic E-state index is 13.0. The first-order chi connectivity index (χ1) is 14.8. The molecule has 0 spiro atoms. The van der Waals surface area contributed by atoms with Crippen LogP contribution in [-0.4, -0.2) is 101 Å². The molecule has 3 atom stereocenters. The van der Waals surface area contributed by atoms with E-state index >= 15 is 0 Å². The molecule has 1 aromatic carbocycles. The summed E-state index contributed by atoms with van der Waals surface area (Å²) in [6.07, 6.45) is 4.37. The van der Waals surface area contributed by atoms with Crippen LogP contribution < -0.4 is 0 Å². The summed E-state index contributed by atoms with van der Waals surface area (Å²) in [6, 6.07) is 9.11. The molecule has 164 valence electrons. The van der Waals surface area contributed by atoms with Gasteiger partial charge in [-0.1, -0.05) is 36.4 Å². The maximum atomic E-state index is 13.0. The van der Waals surface area contributed by atoms with E-state index in [0.29, 0.717) is 18.9 Å². The van der Waals surface area contributed by atoms with Crippen LogP contribution >= 0.6 is 0 Å². The van der Waals surface area contributed by atoms with E-state index in [4.69, 9.17) is 9.73 Å². The van der Waals surface area contributed by atoms with Crippen LogP contribution in [0.2, 0.25) is 0 Å². The lowest BCUT2D eigenvalue weighted by Crippen LogP contribution is -2.61. The molecule has 1 aromatic rings. The van der Waals surface area contributed by atoms with E-state index in [-0.39, 0.29) is 24.1 Å². The Bertz CT molecular complexity index is 945. The minimum Gasteiger partial charge on any atom is -0.373 e. The maximum Gasteiger partial charge on any atom is 0.333 e. The van der Waals surface area contributed by atoms with Crippen LogP contribution in [0.25, 0.3) is 6.08 Å². The van der Waals surface area contributed by atoms with Gasteiger partial charge in [0.2, 0.25) is 0 Å². The second-order valence-electron chi connectivity index (χ2n) is 8.44. The molecule has 8 nitrogen and oxygen atoms in total. The largest absolute Gasteiger partial charge is 0.373 e. The minimum absolute atomic E-state index is 0.143. The molecule has 0 aromatic heterocycles. The zero-order valence-electron chi connectivity index (χ0n) is 18.6. The number of urea groups is 1. The highest BCUT2D eigenvalue weighted by Crippen LogP contribution is 2.20. The Balaban J connectivity index is 1.63. The van der Waals surface area contributed by atoms with Crippen LogP contribution in [0.1, 0.15) is 19.4 Å². The number of hydrogen-bond donors (Lipinski definition) is 0. The number of carbonyl (C=O) groups is 2. The highest BCUT2D eigenvalue weighted by molar-refractivity contribution is 6.23. The standard InChI is InChI=1S/C23H30N5O3/c1-16-13-27(14-17(2)31-16)15-19-24-21-20(22(29)26(4)23(30)25(21)3)28(19)12-8-11-18-9-6-5-7-10-18/h5-11,16-17,20H,12-15H2,1-4H3/q+1/b11-8+. The molecule has 3 aliphatic rings. The number of rotatable bonds is 5. The van der Waals surface area contributed by atoms with Crippen molar-refractivity contribution in [2.45, 2.75) is 32.1 Å². The molecule has 2 fully saturated rings. The Kier molecular flexibility index (Phi) is 6.02. The van der Waals surface area contributed by atoms with E-state index in [1.54, 1.807) is 7.05 Å². The monoisotopic (exact) mass is 424 g/mol. The smallest absolute Gasteiger partial charge is 0.333 e. The number of aliphatic imine (C=N–C) groups is 1. The fraction of sp³-hybridized carbons (Fsp3) is 0.478. The van der Waals surface area contributed by atoms with E-state index in [0.717, 1.165) is 24.5 Å². The number of benzene rings is 1. The highest BCUT2D eigenvalue weighted by atomic mass is 16.5. The predicted octanol–water partition coefficient (Wildman–Crippen LogP) is 1.52. The van der Waals surface area contributed by atoms with Gasteiger partial charge in [-0.3, -0.25) is 19.5 Å². The Morgan fingerprint density at radius 2 is 1.77 bits per heavy atom. The Labute approximate surface area is 183 Å². The number of nitrogens with zero attached hydrogens (tertiary/aromatic N) is 5. The number of fused-ring (bicyclic) bond motifs is 1. The number of morpholine rings is 1. The number of ether oxygens (including phenoxy) is 1. The van der Waals surface area contributed by atoms with Gasteiger partial charge in [0.25, 0.3) is 17.8 Å². The van der Waals surface area contributed by atoms with Crippen molar-refractivity contribution in [2.75, 3.05) is 40.3 Å². The molecule has 3 aliphatic heterocycles. The van der Waals surface area contributed by atoms with Crippen molar-refractivity contribution in [3.8, 4) is 0 Å². The minimum atomic E-state index is -0.584. The van der Waals surface area contributed by atoms with Crippen LogP contribution in [-0.2, 0) is 9.53 Å². The summed E-state index contributed by atoms with van der Waals surface area (Å²) in [5, 5.41) is 0. The third-order valence-electron chi connectivity index (χ3n) is 5.89. The van der Waals surface area contributed by atoms with Crippen LogP contribution in [0.5, 0.6) is 0 Å². The van der Waals surface area contributed by atoms with Crippen LogP contribution in [0, 0.1) is 0 Å². The lowest BCUT2D eigenvalue weighted by atomic mass is 10.1. The number of amidine groups is 2. The first-order valence-electron chi connectivity index (χ1n) is 10.7. The van der Waals surface area contributed by atoms with E-state index in [1.807, 2.05) is 47.1 Å². The van der Waals surface area contributed by atoms with Gasteiger partial charge in [0, 0.05) is 27.2 Å². The topological polar surface area (TPSA) is 68.5 Å². The fourth-order valence-electron chi connectivity index (χ4n) is 4.47. The Morgan fingerprint density at radius 1 is 1.10 bits per heavy atom. The number of hydrogen-bond acceptors (Lipinski definition) is 5. The summed E-state index contributed by atoms with van der Waals surface area (Å²) in [6.45, 7) is 6.88. The number of likely N-dealkylation sites (N-methyl/N-ethyl adjacent to an activating group) is 2. The molecule has 4 rings (SSSR count). The van der Waals surface area contributed by atoms with Crippen molar-refractivity contribution in [1.29, 1.82) is 0 Å². The summed E-state index contributed by atoms with van der Waals surface area (Å²) in [5.41, 5.74) is 1.10. The molecule has 31 heavy (non-hydrogen) atoms. The van der Waals surface area contributed by atoms with Gasteiger partial charge < -0.3 is 4.74 Å². The Morgan fingerprint density at radius 3 is 2.45 bits per heavy atom. The van der Waals surface area contributed by atoms with Crippen LogP contribution in [0.4, 0.5) is 4.79 Å². The molecule has 3 heterocycles. The van der Waals surface area contributed by atoms with Gasteiger partial charge in [-0.05, 0) is 30.5 Å². The molecule has 3 amide bonds. The summed E-state index contributed by atoms with van der Waals surface area (Å²) >= 11 is 0. The fourth-order valence-corrected chi connectivity index (χ4v) is 4.47. The van der Waals surface area contributed by atoms with Gasteiger partial charge in [0.1, 0.15) is 13.1 Å². The first kappa shape index (κ1) is 21.4. The van der Waals surface area contributed by atoms with E-state index < -0.39 is 6.04 Å². The normalized spacial score (nSPS) is 27.4. The second kappa shape index (κ2) is 8.72. The van der Waals surface area contributed by atoms with Crippen molar-refractivity contribution < 1.29 is 18.9 Å². The predicted molar refractivity (Wildman–Crippen MR) is 119 cm³/mol. The average molecular weight is 425 g/mol. The van der Waals surface area contributed by atoms with Gasteiger partial charge >= 0.3 is 11.9 Å². The quantitative estimate of drug-likeness (QED) is 0.673. The summed E-state index contributed by atoms with van der Waals surface area (Å²) in [7, 11) is 3.20. The van der Waals surface area contributed by atoms with Crippen LogP contribution in [0.3, 0.4) is 0 Å². The number of imide groups is 1. The van der Waals surface area contributed by atoms with Gasteiger partial charge in [0.15, 0.2) is 0 Å². The molecule has 0 radical (unpaired) electrons. The second-order valence-corrected chi connectivity index (χ2v) is 8.44. The molecule has 0 bridgehead atoms. The summed E-state index contributed by atoms with van der Waals surface area (Å²) in [5.74, 6) is 1.07. The third-order valence-corrected chi connectivity index (χ3v) is 5.89. The molecule has 0 aliphatic carbocycles. The molecule has 2 saturated heterocycles. The number of carbonyl (C=O) groups excluding carboxylic acids is 2. The van der Waals surface area contributed by atoms with E-state index in [9.17, 15) is 9.59 Å². The van der Waals surface area contributed by atoms with Gasteiger partial charge in [-0.15, -0.1) is 0 Å². The van der Waals surface area contributed by atoms with Crippen molar-refractivity contribution in [3.63, 3.8) is 0 Å². The third kappa shape index (κ3) is 4.31. The van der Waals surface area contributed by atoms with Crippen molar-refractivity contribution in [1.82, 2.24) is 14.7 Å². The van der Waals surface area contributed by atoms with Gasteiger partial charge in [-0.2, -0.15) is 0 Å².